The number of carbonyl (C=O) groups is 2. The van der Waals surface area contributed by atoms with Gasteiger partial charge in [0.15, 0.2) is 6.61 Å². The number of hydrogen-bond donors (Lipinski definition) is 0. The van der Waals surface area contributed by atoms with Gasteiger partial charge in [-0.3, -0.25) is 14.5 Å². The second-order valence-corrected chi connectivity index (χ2v) is 7.91. The largest absolute Gasteiger partial charge is 0.495 e. The molecular weight excluding hydrogens is 429 g/mol. The second-order valence-electron chi connectivity index (χ2n) is 7.07. The quantitative estimate of drug-likeness (QED) is 0.717. The summed E-state index contributed by atoms with van der Waals surface area (Å²) in [5.41, 5.74) is 1.52. The number of fused-ring (bicyclic) bond motifs is 1. The van der Waals surface area contributed by atoms with Crippen LogP contribution in [0.2, 0.25) is 10.0 Å². The smallest absolute Gasteiger partial charge is 0.265 e. The average molecular weight is 450 g/mol. The third-order valence-corrected chi connectivity index (χ3v) is 5.84. The molecule has 0 aliphatic carbocycles. The molecule has 1 saturated heterocycles. The zero-order chi connectivity index (χ0) is 21.3. The van der Waals surface area contributed by atoms with E-state index >= 15 is 0 Å². The molecule has 158 valence electrons. The summed E-state index contributed by atoms with van der Waals surface area (Å²) in [6.45, 7) is 2.35. The van der Waals surface area contributed by atoms with Crippen LogP contribution in [0.1, 0.15) is 0 Å². The van der Waals surface area contributed by atoms with Crippen LogP contribution in [0.4, 0.5) is 11.4 Å². The molecule has 0 spiro atoms. The lowest BCUT2D eigenvalue weighted by atomic mass is 10.2. The minimum Gasteiger partial charge on any atom is -0.495 e. The van der Waals surface area contributed by atoms with E-state index in [1.165, 1.54) is 4.90 Å². The van der Waals surface area contributed by atoms with Crippen molar-refractivity contribution < 1.29 is 19.1 Å². The molecule has 30 heavy (non-hydrogen) atoms. The SMILES string of the molecule is COc1cc(N2CCN(C(=O)CN3C(=O)COc4ccc(Cl)cc43)CC2)ccc1Cl. The number of ether oxygens (including phenoxy) is 2. The van der Waals surface area contributed by atoms with Gasteiger partial charge in [-0.05, 0) is 30.3 Å². The molecule has 4 rings (SSSR count). The van der Waals surface area contributed by atoms with E-state index in [0.29, 0.717) is 53.4 Å². The van der Waals surface area contributed by atoms with Crippen molar-refractivity contribution in [3.8, 4) is 11.5 Å². The zero-order valence-electron chi connectivity index (χ0n) is 16.4. The van der Waals surface area contributed by atoms with Crippen LogP contribution in [0, 0.1) is 0 Å². The van der Waals surface area contributed by atoms with Crippen LogP contribution in [0.15, 0.2) is 36.4 Å². The molecular formula is C21H21Cl2N3O4. The predicted molar refractivity (Wildman–Crippen MR) is 116 cm³/mol. The van der Waals surface area contributed by atoms with Crippen molar-refractivity contribution in [3.05, 3.63) is 46.4 Å². The van der Waals surface area contributed by atoms with Gasteiger partial charge in [0.1, 0.15) is 18.0 Å². The van der Waals surface area contributed by atoms with E-state index < -0.39 is 0 Å². The number of rotatable bonds is 4. The Kier molecular flexibility index (Phi) is 5.92. The molecule has 9 heteroatoms. The van der Waals surface area contributed by atoms with Crippen LogP contribution in [0.25, 0.3) is 0 Å². The van der Waals surface area contributed by atoms with Gasteiger partial charge in [-0.2, -0.15) is 0 Å². The van der Waals surface area contributed by atoms with Crippen LogP contribution in [-0.4, -0.2) is 63.2 Å². The average Bonchev–Trinajstić information content (AvgIpc) is 2.76. The Balaban J connectivity index is 1.41. The summed E-state index contributed by atoms with van der Waals surface area (Å²) in [7, 11) is 1.58. The highest BCUT2D eigenvalue weighted by Crippen LogP contribution is 2.34. The van der Waals surface area contributed by atoms with Crippen molar-refractivity contribution in [2.45, 2.75) is 0 Å². The molecule has 0 atom stereocenters. The van der Waals surface area contributed by atoms with Crippen LogP contribution in [0.3, 0.4) is 0 Å². The fourth-order valence-corrected chi connectivity index (χ4v) is 4.00. The fraction of sp³-hybridized carbons (Fsp3) is 0.333. The summed E-state index contributed by atoms with van der Waals surface area (Å²) in [6.07, 6.45) is 0. The van der Waals surface area contributed by atoms with Gasteiger partial charge < -0.3 is 19.3 Å². The van der Waals surface area contributed by atoms with Gasteiger partial charge in [0.05, 0.1) is 17.8 Å². The Morgan fingerprint density at radius 2 is 1.87 bits per heavy atom. The van der Waals surface area contributed by atoms with Crippen molar-refractivity contribution in [2.24, 2.45) is 0 Å². The number of amides is 2. The predicted octanol–water partition coefficient (Wildman–Crippen LogP) is 3.08. The van der Waals surface area contributed by atoms with Gasteiger partial charge in [0.2, 0.25) is 5.91 Å². The Labute approximate surface area is 184 Å². The van der Waals surface area contributed by atoms with Crippen molar-refractivity contribution >= 4 is 46.4 Å². The molecule has 7 nitrogen and oxygen atoms in total. The molecule has 0 unspecified atom stereocenters. The van der Waals surface area contributed by atoms with E-state index in [1.54, 1.807) is 36.3 Å². The van der Waals surface area contributed by atoms with Crippen molar-refractivity contribution in [1.82, 2.24) is 4.90 Å². The molecule has 2 aliphatic heterocycles. The zero-order valence-corrected chi connectivity index (χ0v) is 17.9. The Bertz CT molecular complexity index is 977. The lowest BCUT2D eigenvalue weighted by molar-refractivity contribution is -0.132. The summed E-state index contributed by atoms with van der Waals surface area (Å²) in [5, 5.41) is 1.04. The Morgan fingerprint density at radius 3 is 2.60 bits per heavy atom. The minimum atomic E-state index is -0.259. The van der Waals surface area contributed by atoms with Crippen LogP contribution in [0.5, 0.6) is 11.5 Å². The van der Waals surface area contributed by atoms with Gasteiger partial charge in [0.25, 0.3) is 5.91 Å². The molecule has 0 aromatic heterocycles. The molecule has 2 aromatic carbocycles. The van der Waals surface area contributed by atoms with Gasteiger partial charge >= 0.3 is 0 Å². The minimum absolute atomic E-state index is 0.0374. The maximum atomic E-state index is 12.9. The second kappa shape index (κ2) is 8.62. The van der Waals surface area contributed by atoms with E-state index in [9.17, 15) is 9.59 Å². The summed E-state index contributed by atoms with van der Waals surface area (Å²) in [6, 6.07) is 10.7. The van der Waals surface area contributed by atoms with E-state index in [-0.39, 0.29) is 25.0 Å². The molecule has 2 amide bonds. The fourth-order valence-electron chi connectivity index (χ4n) is 3.64. The third kappa shape index (κ3) is 4.13. The highest BCUT2D eigenvalue weighted by atomic mass is 35.5. The maximum absolute atomic E-state index is 12.9. The molecule has 0 saturated carbocycles. The van der Waals surface area contributed by atoms with Gasteiger partial charge in [-0.15, -0.1) is 0 Å². The molecule has 0 bridgehead atoms. The van der Waals surface area contributed by atoms with Crippen LogP contribution in [-0.2, 0) is 9.59 Å². The van der Waals surface area contributed by atoms with Gasteiger partial charge in [0, 0.05) is 43.0 Å². The highest BCUT2D eigenvalue weighted by Gasteiger charge is 2.30. The monoisotopic (exact) mass is 449 g/mol. The van der Waals surface area contributed by atoms with Crippen molar-refractivity contribution in [1.29, 1.82) is 0 Å². The Morgan fingerprint density at radius 1 is 1.10 bits per heavy atom. The lowest BCUT2D eigenvalue weighted by Crippen LogP contribution is -2.53. The number of piperazine rings is 1. The van der Waals surface area contributed by atoms with Gasteiger partial charge in [-0.25, -0.2) is 0 Å². The maximum Gasteiger partial charge on any atom is 0.265 e. The first-order valence-corrected chi connectivity index (χ1v) is 10.3. The van der Waals surface area contributed by atoms with Crippen LogP contribution < -0.4 is 19.3 Å². The van der Waals surface area contributed by atoms with E-state index in [0.717, 1.165) is 5.69 Å². The summed E-state index contributed by atoms with van der Waals surface area (Å²) >= 11 is 12.2. The number of benzene rings is 2. The number of hydrogen-bond acceptors (Lipinski definition) is 5. The summed E-state index contributed by atoms with van der Waals surface area (Å²) in [5.74, 6) is 0.804. The van der Waals surface area contributed by atoms with E-state index in [2.05, 4.69) is 4.90 Å². The number of anilines is 2. The molecule has 2 aliphatic rings. The summed E-state index contributed by atoms with van der Waals surface area (Å²) < 4.78 is 10.7. The summed E-state index contributed by atoms with van der Waals surface area (Å²) in [4.78, 5) is 30.7. The van der Waals surface area contributed by atoms with E-state index in [1.807, 2.05) is 12.1 Å². The first-order chi connectivity index (χ1) is 14.5. The molecule has 0 radical (unpaired) electrons. The van der Waals surface area contributed by atoms with Crippen LogP contribution >= 0.6 is 23.2 Å². The van der Waals surface area contributed by atoms with Gasteiger partial charge in [-0.1, -0.05) is 23.2 Å². The molecule has 2 heterocycles. The van der Waals surface area contributed by atoms with Crippen molar-refractivity contribution in [3.63, 3.8) is 0 Å². The number of nitrogens with zero attached hydrogens (tertiary/aromatic N) is 3. The highest BCUT2D eigenvalue weighted by molar-refractivity contribution is 6.32. The molecule has 2 aromatic rings. The normalized spacial score (nSPS) is 16.2. The number of halogens is 2. The lowest BCUT2D eigenvalue weighted by Gasteiger charge is -2.37. The first kappa shape index (κ1) is 20.6. The van der Waals surface area contributed by atoms with Crippen molar-refractivity contribution in [2.75, 3.05) is 56.2 Å². The molecule has 0 N–H and O–H groups in total. The number of methoxy groups -OCH3 is 1. The Hall–Kier alpha value is -2.64. The first-order valence-electron chi connectivity index (χ1n) is 9.55. The van der Waals surface area contributed by atoms with E-state index in [4.69, 9.17) is 32.7 Å². The molecule has 1 fully saturated rings. The third-order valence-electron chi connectivity index (χ3n) is 5.29. The number of carbonyl (C=O) groups excluding carboxylic acids is 2. The topological polar surface area (TPSA) is 62.3 Å². The standard InChI is InChI=1S/C21H21Cl2N3O4/c1-29-19-11-15(3-4-16(19)23)24-6-8-25(9-7-24)20(27)12-26-17-10-14(22)2-5-18(17)30-13-21(26)28/h2-5,10-11H,6-9,12-13H2,1H3.